The second kappa shape index (κ2) is 8.48. The molecule has 2 rings (SSSR count). The number of benzene rings is 1. The van der Waals surface area contributed by atoms with Crippen LogP contribution >= 0.6 is 0 Å². The third kappa shape index (κ3) is 4.95. The zero-order chi connectivity index (χ0) is 15.9. The number of rotatable bonds is 7. The Hall–Kier alpha value is -1.14. The molecule has 5 nitrogen and oxygen atoms in total. The summed E-state index contributed by atoms with van der Waals surface area (Å²) in [6, 6.07) is 7.90. The van der Waals surface area contributed by atoms with Gasteiger partial charge in [0.2, 0.25) is 0 Å². The van der Waals surface area contributed by atoms with E-state index in [1.54, 1.807) is 0 Å². The number of nitrogens with zero attached hydrogens (tertiary/aromatic N) is 1. The molecule has 0 aromatic heterocycles. The number of unbranched alkanes of at least 4 members (excludes halogenated alkanes) is 2. The minimum Gasteiger partial charge on any atom is -0.494 e. The molecule has 1 heterocycles. The van der Waals surface area contributed by atoms with Gasteiger partial charge in [0.1, 0.15) is 11.9 Å². The van der Waals surface area contributed by atoms with Gasteiger partial charge in [-0.15, -0.1) is 0 Å². The molecule has 0 radical (unpaired) electrons. The van der Waals surface area contributed by atoms with E-state index in [2.05, 4.69) is 6.92 Å². The monoisotopic (exact) mass is 309 g/mol. The highest BCUT2D eigenvalue weighted by atomic mass is 16.5. The van der Waals surface area contributed by atoms with Crippen LogP contribution in [0.3, 0.4) is 0 Å². The zero-order valence-electron chi connectivity index (χ0n) is 13.2. The standard InChI is InChI=1S/C17H27NO4/c1-2-3-4-9-22-14-7-5-13(6-8-14)10-18-11-15(19)17(21)16(20)12-18/h5-8,15-17,19-21H,2-4,9-12H2,1H3/t15-,16+,17+. The van der Waals surface area contributed by atoms with Gasteiger partial charge in [0.25, 0.3) is 0 Å². The average molecular weight is 309 g/mol. The molecular formula is C17H27NO4. The van der Waals surface area contributed by atoms with Gasteiger partial charge in [0.15, 0.2) is 0 Å². The van der Waals surface area contributed by atoms with Crippen molar-refractivity contribution >= 4 is 0 Å². The number of aliphatic hydroxyl groups excluding tert-OH is 3. The first-order valence-corrected chi connectivity index (χ1v) is 8.08. The lowest BCUT2D eigenvalue weighted by molar-refractivity contribution is -0.111. The Morgan fingerprint density at radius 1 is 1.05 bits per heavy atom. The highest BCUT2D eigenvalue weighted by Gasteiger charge is 2.33. The third-order valence-electron chi connectivity index (χ3n) is 4.03. The first-order valence-electron chi connectivity index (χ1n) is 8.08. The third-order valence-corrected chi connectivity index (χ3v) is 4.03. The number of aliphatic hydroxyl groups is 3. The number of piperidine rings is 1. The molecule has 0 unspecified atom stereocenters. The number of hydrogen-bond donors (Lipinski definition) is 3. The van der Waals surface area contributed by atoms with Crippen LogP contribution in [0.4, 0.5) is 0 Å². The number of β-amino-alcohol motifs (C(OH)–C–C–N with tert-alkyl or cyclic N) is 2. The summed E-state index contributed by atoms with van der Waals surface area (Å²) < 4.78 is 5.67. The summed E-state index contributed by atoms with van der Waals surface area (Å²) >= 11 is 0. The van der Waals surface area contributed by atoms with Crippen LogP contribution in [-0.4, -0.2) is 58.2 Å². The van der Waals surface area contributed by atoms with E-state index < -0.39 is 18.3 Å². The smallest absolute Gasteiger partial charge is 0.119 e. The summed E-state index contributed by atoms with van der Waals surface area (Å²) in [7, 11) is 0. The Morgan fingerprint density at radius 2 is 1.68 bits per heavy atom. The largest absolute Gasteiger partial charge is 0.494 e. The van der Waals surface area contributed by atoms with Gasteiger partial charge in [0.05, 0.1) is 18.8 Å². The van der Waals surface area contributed by atoms with Crippen molar-refractivity contribution in [2.45, 2.75) is 51.0 Å². The van der Waals surface area contributed by atoms with E-state index >= 15 is 0 Å². The molecule has 1 aromatic carbocycles. The van der Waals surface area contributed by atoms with Gasteiger partial charge in [-0.05, 0) is 24.1 Å². The van der Waals surface area contributed by atoms with Crippen LogP contribution in [-0.2, 0) is 6.54 Å². The molecule has 1 fully saturated rings. The van der Waals surface area contributed by atoms with Crippen LogP contribution in [0.25, 0.3) is 0 Å². The van der Waals surface area contributed by atoms with Crippen molar-refractivity contribution in [1.82, 2.24) is 4.90 Å². The maximum absolute atomic E-state index is 9.71. The molecule has 3 atom stereocenters. The van der Waals surface area contributed by atoms with E-state index in [1.807, 2.05) is 29.2 Å². The van der Waals surface area contributed by atoms with Gasteiger partial charge in [-0.1, -0.05) is 31.9 Å². The molecule has 1 aromatic rings. The Labute approximate surface area is 132 Å². The molecule has 0 aliphatic carbocycles. The molecular weight excluding hydrogens is 282 g/mol. The second-order valence-corrected chi connectivity index (χ2v) is 6.02. The molecule has 124 valence electrons. The van der Waals surface area contributed by atoms with Crippen LogP contribution in [0.5, 0.6) is 5.75 Å². The Bertz CT molecular complexity index is 425. The van der Waals surface area contributed by atoms with Crippen LogP contribution in [0, 0.1) is 0 Å². The minimum absolute atomic E-state index is 0.369. The van der Waals surface area contributed by atoms with Crippen LogP contribution < -0.4 is 4.74 Å². The summed E-state index contributed by atoms with van der Waals surface area (Å²) in [6.45, 7) is 4.29. The lowest BCUT2D eigenvalue weighted by Gasteiger charge is -2.36. The maximum atomic E-state index is 9.71. The van der Waals surface area contributed by atoms with Crippen molar-refractivity contribution < 1.29 is 20.1 Å². The van der Waals surface area contributed by atoms with Gasteiger partial charge in [0, 0.05) is 19.6 Å². The van der Waals surface area contributed by atoms with Crippen molar-refractivity contribution in [3.63, 3.8) is 0 Å². The number of hydrogen-bond acceptors (Lipinski definition) is 5. The molecule has 1 saturated heterocycles. The molecule has 0 saturated carbocycles. The fourth-order valence-electron chi connectivity index (χ4n) is 2.70. The SMILES string of the molecule is CCCCCOc1ccc(CN2C[C@@H](O)[C@H](O)[C@@H](O)C2)cc1. The van der Waals surface area contributed by atoms with Crippen molar-refractivity contribution in [1.29, 1.82) is 0 Å². The summed E-state index contributed by atoms with van der Waals surface area (Å²) in [5, 5.41) is 29.0. The number of likely N-dealkylation sites (tertiary alicyclic amines) is 1. The maximum Gasteiger partial charge on any atom is 0.119 e. The van der Waals surface area contributed by atoms with Crippen LogP contribution in [0.15, 0.2) is 24.3 Å². The second-order valence-electron chi connectivity index (χ2n) is 6.02. The highest BCUT2D eigenvalue weighted by molar-refractivity contribution is 5.27. The predicted octanol–water partition coefficient (Wildman–Crippen LogP) is 1.15. The molecule has 1 aliphatic rings. The molecule has 0 bridgehead atoms. The molecule has 22 heavy (non-hydrogen) atoms. The molecule has 0 spiro atoms. The van der Waals surface area contributed by atoms with E-state index in [0.29, 0.717) is 19.6 Å². The Kier molecular flexibility index (Phi) is 6.64. The van der Waals surface area contributed by atoms with Gasteiger partial charge >= 0.3 is 0 Å². The van der Waals surface area contributed by atoms with Gasteiger partial charge in [-0.25, -0.2) is 0 Å². The summed E-state index contributed by atoms with van der Waals surface area (Å²) in [4.78, 5) is 1.94. The lowest BCUT2D eigenvalue weighted by atomic mass is 10.0. The molecule has 0 amide bonds. The molecule has 1 aliphatic heterocycles. The van der Waals surface area contributed by atoms with E-state index in [1.165, 1.54) is 12.8 Å². The van der Waals surface area contributed by atoms with E-state index in [4.69, 9.17) is 4.74 Å². The van der Waals surface area contributed by atoms with Crippen LogP contribution in [0.2, 0.25) is 0 Å². The summed E-state index contributed by atoms with van der Waals surface area (Å²) in [5.41, 5.74) is 1.09. The van der Waals surface area contributed by atoms with Crippen LogP contribution in [0.1, 0.15) is 31.7 Å². The van der Waals surface area contributed by atoms with Crippen molar-refractivity contribution in [2.24, 2.45) is 0 Å². The van der Waals surface area contributed by atoms with Crippen molar-refractivity contribution in [2.75, 3.05) is 19.7 Å². The first kappa shape index (κ1) is 17.2. The molecule has 3 N–H and O–H groups in total. The fraction of sp³-hybridized carbons (Fsp3) is 0.647. The van der Waals surface area contributed by atoms with Gasteiger partial charge in [-0.2, -0.15) is 0 Å². The van der Waals surface area contributed by atoms with Gasteiger partial charge in [-0.3, -0.25) is 4.90 Å². The fourth-order valence-corrected chi connectivity index (χ4v) is 2.70. The summed E-state index contributed by atoms with van der Waals surface area (Å²) in [5.74, 6) is 0.869. The first-order chi connectivity index (χ1) is 10.6. The minimum atomic E-state index is -1.05. The number of ether oxygens (including phenoxy) is 1. The Morgan fingerprint density at radius 3 is 2.27 bits per heavy atom. The van der Waals surface area contributed by atoms with E-state index in [-0.39, 0.29) is 0 Å². The van der Waals surface area contributed by atoms with E-state index in [9.17, 15) is 15.3 Å². The normalized spacial score (nSPS) is 26.1. The highest BCUT2D eigenvalue weighted by Crippen LogP contribution is 2.17. The lowest BCUT2D eigenvalue weighted by Crippen LogP contribution is -2.54. The topological polar surface area (TPSA) is 73.2 Å². The van der Waals surface area contributed by atoms with E-state index in [0.717, 1.165) is 24.3 Å². The predicted molar refractivity (Wildman–Crippen MR) is 84.8 cm³/mol. The zero-order valence-corrected chi connectivity index (χ0v) is 13.2. The van der Waals surface area contributed by atoms with Crippen molar-refractivity contribution in [3.8, 4) is 5.75 Å². The average Bonchev–Trinajstić information content (AvgIpc) is 2.51. The quantitative estimate of drug-likeness (QED) is 0.659. The molecule has 5 heteroatoms. The summed E-state index contributed by atoms with van der Waals surface area (Å²) in [6.07, 6.45) is 0.600. The van der Waals surface area contributed by atoms with Gasteiger partial charge < -0.3 is 20.1 Å². The van der Waals surface area contributed by atoms with Crippen molar-refractivity contribution in [3.05, 3.63) is 29.8 Å². The Balaban J connectivity index is 1.81.